The summed E-state index contributed by atoms with van der Waals surface area (Å²) in [5.74, 6) is -0.913. The van der Waals surface area contributed by atoms with E-state index in [-0.39, 0.29) is 31.1 Å². The Kier molecular flexibility index (Phi) is 54.3. The molecule has 6 nitrogen and oxygen atoms in total. The number of carbonyl (C=O) groups is 3. The zero-order valence-corrected chi connectivity index (χ0v) is 45.1. The highest BCUT2D eigenvalue weighted by atomic mass is 16.6. The van der Waals surface area contributed by atoms with Crippen LogP contribution in [0.3, 0.4) is 0 Å². The van der Waals surface area contributed by atoms with Gasteiger partial charge < -0.3 is 14.2 Å². The van der Waals surface area contributed by atoms with E-state index in [1.54, 1.807) is 0 Å². The van der Waals surface area contributed by atoms with Gasteiger partial charge in [-0.15, -0.1) is 0 Å². The van der Waals surface area contributed by atoms with Crippen molar-refractivity contribution in [3.63, 3.8) is 0 Å². The maximum Gasteiger partial charge on any atom is 0.306 e. The molecule has 0 rings (SSSR count). The molecule has 0 aromatic rings. The van der Waals surface area contributed by atoms with Gasteiger partial charge in [0.05, 0.1) is 0 Å². The van der Waals surface area contributed by atoms with E-state index < -0.39 is 6.10 Å². The number of hydrogen-bond donors (Lipinski definition) is 0. The summed E-state index contributed by atoms with van der Waals surface area (Å²) in [6, 6.07) is 0. The van der Waals surface area contributed by atoms with E-state index in [0.717, 1.165) is 89.9 Å². The van der Waals surface area contributed by atoms with Gasteiger partial charge >= 0.3 is 17.9 Å². The lowest BCUT2D eigenvalue weighted by Crippen LogP contribution is -2.30. The molecule has 0 spiro atoms. The van der Waals surface area contributed by atoms with E-state index >= 15 is 0 Å². The van der Waals surface area contributed by atoms with Crippen LogP contribution in [-0.2, 0) is 28.6 Å². The molecule has 0 heterocycles. The standard InChI is InChI=1S/C62H110O6/c1-4-7-10-13-16-19-22-25-28-30-31-33-34-37-40-43-46-49-52-55-61(64)67-58-59(57-66-60(63)54-51-48-45-42-39-36-27-24-21-18-15-12-9-6-3)68-62(65)56-53-50-47-44-41-38-35-32-29-26-23-20-17-14-11-8-5-2/h16,19,24-25,27-28,31,33,37,40,59H,4-15,17-18,20-23,26,29-30,32,34-36,38-39,41-58H2,1-3H3/b19-16+,27-24+,28-25+,33-31+,40-37+/t59-/m1/s1. The lowest BCUT2D eigenvalue weighted by molar-refractivity contribution is -0.167. The van der Waals surface area contributed by atoms with Crippen molar-refractivity contribution >= 4 is 17.9 Å². The van der Waals surface area contributed by atoms with Crippen molar-refractivity contribution in [3.8, 4) is 0 Å². The van der Waals surface area contributed by atoms with Gasteiger partial charge in [0.2, 0.25) is 0 Å². The second-order valence-corrected chi connectivity index (χ2v) is 19.6. The lowest BCUT2D eigenvalue weighted by Gasteiger charge is -2.18. The van der Waals surface area contributed by atoms with Gasteiger partial charge in [-0.3, -0.25) is 14.4 Å². The van der Waals surface area contributed by atoms with Crippen molar-refractivity contribution in [1.82, 2.24) is 0 Å². The normalized spacial score (nSPS) is 12.5. The molecule has 0 aliphatic heterocycles. The minimum atomic E-state index is -0.789. The van der Waals surface area contributed by atoms with Gasteiger partial charge in [0.15, 0.2) is 6.10 Å². The molecule has 1 atom stereocenters. The molecule has 0 fully saturated rings. The van der Waals surface area contributed by atoms with E-state index in [0.29, 0.717) is 19.3 Å². The van der Waals surface area contributed by atoms with E-state index in [1.807, 2.05) is 0 Å². The second-order valence-electron chi connectivity index (χ2n) is 19.6. The molecule has 0 aromatic carbocycles. The summed E-state index contributed by atoms with van der Waals surface area (Å²) in [5, 5.41) is 0. The average Bonchev–Trinajstić information content (AvgIpc) is 3.34. The topological polar surface area (TPSA) is 78.9 Å². The molecule has 0 N–H and O–H groups in total. The number of ether oxygens (including phenoxy) is 3. The van der Waals surface area contributed by atoms with Crippen LogP contribution < -0.4 is 0 Å². The molecule has 68 heavy (non-hydrogen) atoms. The summed E-state index contributed by atoms with van der Waals surface area (Å²) in [7, 11) is 0. The maximum absolute atomic E-state index is 12.9. The van der Waals surface area contributed by atoms with Crippen LogP contribution in [0.2, 0.25) is 0 Å². The van der Waals surface area contributed by atoms with Crippen LogP contribution in [0, 0.1) is 0 Å². The minimum Gasteiger partial charge on any atom is -0.462 e. The van der Waals surface area contributed by atoms with Gasteiger partial charge in [-0.1, -0.05) is 248 Å². The summed E-state index contributed by atoms with van der Waals surface area (Å²) in [6.07, 6.45) is 70.6. The first-order valence-corrected chi connectivity index (χ1v) is 29.3. The predicted octanol–water partition coefficient (Wildman–Crippen LogP) is 19.6. The molecule has 0 saturated carbocycles. The number of unbranched alkanes of at least 4 members (excludes halogenated alkanes) is 32. The van der Waals surface area contributed by atoms with Gasteiger partial charge in [-0.25, -0.2) is 0 Å². The lowest BCUT2D eigenvalue weighted by atomic mass is 10.0. The van der Waals surface area contributed by atoms with Crippen LogP contribution in [0.1, 0.15) is 297 Å². The Morgan fingerprint density at radius 3 is 0.882 bits per heavy atom. The predicted molar refractivity (Wildman–Crippen MR) is 293 cm³/mol. The fourth-order valence-electron chi connectivity index (χ4n) is 8.30. The number of allylic oxidation sites excluding steroid dienone is 10. The van der Waals surface area contributed by atoms with Gasteiger partial charge in [0, 0.05) is 19.3 Å². The summed E-state index contributed by atoms with van der Waals surface area (Å²) >= 11 is 0. The van der Waals surface area contributed by atoms with Gasteiger partial charge in [0.25, 0.3) is 0 Å². The van der Waals surface area contributed by atoms with Crippen molar-refractivity contribution in [2.75, 3.05) is 13.2 Å². The maximum atomic E-state index is 12.9. The average molecular weight is 952 g/mol. The number of rotatable bonds is 53. The molecule has 0 amide bonds. The molecule has 394 valence electrons. The molecule has 0 bridgehead atoms. The van der Waals surface area contributed by atoms with Crippen LogP contribution in [0.15, 0.2) is 60.8 Å². The Hall–Kier alpha value is -2.89. The van der Waals surface area contributed by atoms with Crippen LogP contribution >= 0.6 is 0 Å². The van der Waals surface area contributed by atoms with Crippen molar-refractivity contribution in [2.45, 2.75) is 303 Å². The SMILES string of the molecule is CCCCC/C=C/C/C=C/C/C=C/C/C=C/CCCCCC(=O)OC[C@@H](COC(=O)CCCCCCC/C=C/CCCCCCC)OC(=O)CCCCCCCCCCCCCCCCCCC. The number of esters is 3. The van der Waals surface area contributed by atoms with Crippen molar-refractivity contribution in [1.29, 1.82) is 0 Å². The third kappa shape index (κ3) is 54.1. The summed E-state index contributed by atoms with van der Waals surface area (Å²) in [5.41, 5.74) is 0. The fraction of sp³-hybridized carbons (Fsp3) is 0.790. The zero-order chi connectivity index (χ0) is 49.3. The minimum absolute atomic E-state index is 0.0864. The smallest absolute Gasteiger partial charge is 0.306 e. The van der Waals surface area contributed by atoms with Crippen molar-refractivity contribution in [2.24, 2.45) is 0 Å². The molecule has 0 aliphatic carbocycles. The van der Waals surface area contributed by atoms with Crippen LogP contribution in [-0.4, -0.2) is 37.2 Å². The van der Waals surface area contributed by atoms with Crippen LogP contribution in [0.5, 0.6) is 0 Å². The molecule has 6 heteroatoms. The Balaban J connectivity index is 4.42. The quantitative estimate of drug-likeness (QED) is 0.0262. The Morgan fingerprint density at radius 1 is 0.294 bits per heavy atom. The molecule has 0 saturated heterocycles. The van der Waals surface area contributed by atoms with Crippen molar-refractivity contribution < 1.29 is 28.6 Å². The van der Waals surface area contributed by atoms with Gasteiger partial charge in [-0.05, 0) is 89.9 Å². The van der Waals surface area contributed by atoms with E-state index in [2.05, 4.69) is 81.5 Å². The highest BCUT2D eigenvalue weighted by molar-refractivity contribution is 5.71. The van der Waals surface area contributed by atoms with Gasteiger partial charge in [0.1, 0.15) is 13.2 Å². The first-order valence-electron chi connectivity index (χ1n) is 29.3. The largest absolute Gasteiger partial charge is 0.462 e. The summed E-state index contributed by atoms with van der Waals surface area (Å²) in [4.78, 5) is 38.2. The molecule has 0 radical (unpaired) electrons. The number of hydrogen-bond acceptors (Lipinski definition) is 6. The summed E-state index contributed by atoms with van der Waals surface area (Å²) in [6.45, 7) is 6.60. The monoisotopic (exact) mass is 951 g/mol. The van der Waals surface area contributed by atoms with Crippen LogP contribution in [0.25, 0.3) is 0 Å². The molecule has 0 unspecified atom stereocenters. The van der Waals surface area contributed by atoms with Gasteiger partial charge in [-0.2, -0.15) is 0 Å². The van der Waals surface area contributed by atoms with E-state index in [1.165, 1.54) is 167 Å². The summed E-state index contributed by atoms with van der Waals surface area (Å²) < 4.78 is 16.9. The first-order chi connectivity index (χ1) is 33.5. The van der Waals surface area contributed by atoms with E-state index in [9.17, 15) is 14.4 Å². The zero-order valence-electron chi connectivity index (χ0n) is 45.1. The Morgan fingerprint density at radius 2 is 0.529 bits per heavy atom. The molecule has 0 aromatic heterocycles. The van der Waals surface area contributed by atoms with Crippen molar-refractivity contribution in [3.05, 3.63) is 60.8 Å². The Labute approximate surface area is 421 Å². The van der Waals surface area contributed by atoms with Crippen LogP contribution in [0.4, 0.5) is 0 Å². The molecular formula is C62H110O6. The Bertz CT molecular complexity index is 1230. The molecular weight excluding hydrogens is 841 g/mol. The van der Waals surface area contributed by atoms with E-state index in [4.69, 9.17) is 14.2 Å². The number of carbonyl (C=O) groups excluding carboxylic acids is 3. The highest BCUT2D eigenvalue weighted by Gasteiger charge is 2.19. The second kappa shape index (κ2) is 56.7. The highest BCUT2D eigenvalue weighted by Crippen LogP contribution is 2.16. The molecule has 0 aliphatic rings. The third-order valence-corrected chi connectivity index (χ3v) is 12.7. The third-order valence-electron chi connectivity index (χ3n) is 12.7. The first kappa shape index (κ1) is 65.1. The fourth-order valence-corrected chi connectivity index (χ4v) is 8.30.